The van der Waals surface area contributed by atoms with Crippen molar-refractivity contribution in [1.82, 2.24) is 15.0 Å². The summed E-state index contributed by atoms with van der Waals surface area (Å²) in [5.74, 6) is -0.160. The Bertz CT molecular complexity index is 1760. The van der Waals surface area contributed by atoms with E-state index in [0.29, 0.717) is 30.4 Å². The van der Waals surface area contributed by atoms with Crippen molar-refractivity contribution in [3.63, 3.8) is 0 Å². The number of aromatic nitrogens is 2. The predicted octanol–water partition coefficient (Wildman–Crippen LogP) is 7.84. The standard InChI is InChI=1S/C33H33F3N4O4S/c1-39(17-24-28(38-44-29(24)18-6-7-18)23-4-2-3-5-26(23)43-33(34,35)36)22-15-32(16-22)13-20-9-10-21(14-32)40(20)31-37-25-11-8-19(30(41)42)12-27(25)45-31/h2-5,8,11-12,18,20-22H,6-7,9-10,13-17H2,1H3,(H,41,42). The van der Waals surface area contributed by atoms with Crippen molar-refractivity contribution in [3.8, 4) is 17.0 Å². The normalized spacial score (nSPS) is 26.2. The van der Waals surface area contributed by atoms with Crippen LogP contribution in [0.2, 0.25) is 0 Å². The average Bonchev–Trinajstić information content (AvgIpc) is 3.50. The topological polar surface area (TPSA) is 91.9 Å². The number of carboxylic acids is 1. The average molecular weight is 639 g/mol. The zero-order valence-electron chi connectivity index (χ0n) is 24.7. The molecule has 4 aromatic rings. The Morgan fingerprint density at radius 2 is 1.84 bits per heavy atom. The van der Waals surface area contributed by atoms with Crippen molar-refractivity contribution >= 4 is 32.7 Å². The summed E-state index contributed by atoms with van der Waals surface area (Å²) >= 11 is 1.59. The number of ether oxygens (including phenoxy) is 1. The lowest BCUT2D eigenvalue weighted by atomic mass is 9.58. The van der Waals surface area contributed by atoms with E-state index in [4.69, 9.17) is 9.51 Å². The molecule has 45 heavy (non-hydrogen) atoms. The number of benzene rings is 2. The van der Waals surface area contributed by atoms with Gasteiger partial charge in [0.25, 0.3) is 0 Å². The number of piperidine rings is 1. The van der Waals surface area contributed by atoms with Crippen molar-refractivity contribution in [2.45, 2.75) is 88.3 Å². The highest BCUT2D eigenvalue weighted by atomic mass is 32.1. The summed E-state index contributed by atoms with van der Waals surface area (Å²) in [6, 6.07) is 12.5. The first kappa shape index (κ1) is 28.8. The van der Waals surface area contributed by atoms with Crippen LogP contribution in [0.5, 0.6) is 5.75 Å². The van der Waals surface area contributed by atoms with Gasteiger partial charge in [-0.2, -0.15) is 0 Å². The maximum atomic E-state index is 13.2. The summed E-state index contributed by atoms with van der Waals surface area (Å²) < 4.78 is 50.6. The molecule has 2 aliphatic carbocycles. The fraction of sp³-hybridized carbons (Fsp3) is 0.485. The Balaban J connectivity index is 0.976. The number of thiazole rings is 1. The first-order valence-corrected chi connectivity index (χ1v) is 16.3. The molecular weight excluding hydrogens is 605 g/mol. The van der Waals surface area contributed by atoms with E-state index in [1.165, 1.54) is 12.1 Å². The third kappa shape index (κ3) is 5.25. The van der Waals surface area contributed by atoms with Gasteiger partial charge in [-0.15, -0.1) is 13.2 Å². The zero-order valence-corrected chi connectivity index (χ0v) is 25.5. The number of fused-ring (bicyclic) bond motifs is 3. The lowest BCUT2D eigenvalue weighted by Crippen LogP contribution is -2.57. The van der Waals surface area contributed by atoms with Crippen LogP contribution >= 0.6 is 11.3 Å². The second kappa shape index (κ2) is 10.4. The number of alkyl halides is 3. The summed E-state index contributed by atoms with van der Waals surface area (Å²) in [5.41, 5.74) is 2.97. The van der Waals surface area contributed by atoms with Crippen LogP contribution in [0.1, 0.15) is 79.0 Å². The van der Waals surface area contributed by atoms with Crippen LogP contribution in [0.25, 0.3) is 21.5 Å². The highest BCUT2D eigenvalue weighted by molar-refractivity contribution is 7.22. The monoisotopic (exact) mass is 638 g/mol. The molecule has 2 aromatic heterocycles. The minimum absolute atomic E-state index is 0.260. The molecule has 8 nitrogen and oxygen atoms in total. The highest BCUT2D eigenvalue weighted by Gasteiger charge is 2.55. The largest absolute Gasteiger partial charge is 0.573 e. The van der Waals surface area contributed by atoms with Crippen LogP contribution in [-0.4, -0.2) is 57.7 Å². The van der Waals surface area contributed by atoms with Crippen LogP contribution in [0.4, 0.5) is 18.3 Å². The summed E-state index contributed by atoms with van der Waals surface area (Å²) in [6.07, 6.45) is 3.84. The van der Waals surface area contributed by atoms with Crippen LogP contribution in [0.15, 0.2) is 47.0 Å². The number of nitrogens with zero attached hydrogens (tertiary/aromatic N) is 4. The molecular formula is C33H33F3N4O4S. The molecule has 4 aliphatic rings. The molecule has 2 unspecified atom stereocenters. The van der Waals surface area contributed by atoms with Crippen LogP contribution in [0, 0.1) is 5.41 Å². The Morgan fingerprint density at radius 1 is 1.11 bits per heavy atom. The summed E-state index contributed by atoms with van der Waals surface area (Å²) in [6.45, 7) is 0.550. The number of halogens is 3. The molecule has 0 amide bonds. The van der Waals surface area contributed by atoms with Crippen molar-refractivity contribution < 1.29 is 32.3 Å². The van der Waals surface area contributed by atoms with Gasteiger partial charge in [0.15, 0.2) is 5.13 Å². The molecule has 2 aromatic carbocycles. The van der Waals surface area contributed by atoms with E-state index >= 15 is 0 Å². The molecule has 4 heterocycles. The van der Waals surface area contributed by atoms with Gasteiger partial charge in [0.2, 0.25) is 0 Å². The van der Waals surface area contributed by atoms with E-state index in [2.05, 4.69) is 26.7 Å². The summed E-state index contributed by atoms with van der Waals surface area (Å²) in [4.78, 5) is 21.2. The van der Waals surface area contributed by atoms with E-state index in [1.807, 2.05) is 0 Å². The molecule has 4 fully saturated rings. The van der Waals surface area contributed by atoms with Gasteiger partial charge >= 0.3 is 12.3 Å². The second-order valence-electron chi connectivity index (χ2n) is 13.4. The lowest BCUT2D eigenvalue weighted by Gasteiger charge is -2.57. The maximum Gasteiger partial charge on any atom is 0.573 e. The Kier molecular flexibility index (Phi) is 6.69. The zero-order chi connectivity index (χ0) is 31.1. The van der Waals surface area contributed by atoms with E-state index in [1.54, 1.807) is 41.7 Å². The number of carboxylic acid groups (broad SMARTS) is 1. The molecule has 1 spiro atoms. The van der Waals surface area contributed by atoms with Gasteiger partial charge < -0.3 is 19.3 Å². The van der Waals surface area contributed by atoms with Crippen LogP contribution in [0.3, 0.4) is 0 Å². The Labute approximate surface area is 261 Å². The van der Waals surface area contributed by atoms with Gasteiger partial charge in [0, 0.05) is 41.7 Å². The first-order chi connectivity index (χ1) is 21.6. The van der Waals surface area contributed by atoms with Gasteiger partial charge in [-0.3, -0.25) is 4.90 Å². The van der Waals surface area contributed by atoms with Crippen molar-refractivity contribution in [3.05, 3.63) is 59.4 Å². The molecule has 2 atom stereocenters. The lowest BCUT2D eigenvalue weighted by molar-refractivity contribution is -0.274. The molecule has 8 rings (SSSR count). The molecule has 236 valence electrons. The fourth-order valence-corrected chi connectivity index (χ4v) is 9.25. The van der Waals surface area contributed by atoms with E-state index in [-0.39, 0.29) is 28.2 Å². The number of aromatic carboxylic acids is 1. The molecule has 0 radical (unpaired) electrons. The number of carbonyl (C=O) groups is 1. The highest BCUT2D eigenvalue weighted by Crippen LogP contribution is 2.58. The molecule has 2 saturated carbocycles. The van der Waals surface area contributed by atoms with Gasteiger partial charge in [0.05, 0.1) is 15.8 Å². The van der Waals surface area contributed by atoms with Gasteiger partial charge in [-0.05, 0) is 94.2 Å². The minimum Gasteiger partial charge on any atom is -0.478 e. The SMILES string of the molecule is CN(Cc1c(-c2ccccc2OC(F)(F)F)noc1C1CC1)C1CC2(C1)CC1CCC(C2)N1c1nc2ccc(C(=O)O)cc2s1. The maximum absolute atomic E-state index is 13.2. The number of anilines is 1. The van der Waals surface area contributed by atoms with Crippen LogP contribution < -0.4 is 9.64 Å². The third-order valence-electron chi connectivity index (χ3n) is 10.3. The van der Waals surface area contributed by atoms with Gasteiger partial charge in [0.1, 0.15) is 17.2 Å². The fourth-order valence-electron chi connectivity index (χ4n) is 8.11. The number of para-hydroxylation sites is 1. The molecule has 1 N–H and O–H groups in total. The quantitative estimate of drug-likeness (QED) is 0.209. The number of rotatable bonds is 8. The first-order valence-electron chi connectivity index (χ1n) is 15.5. The predicted molar refractivity (Wildman–Crippen MR) is 163 cm³/mol. The summed E-state index contributed by atoms with van der Waals surface area (Å²) in [5, 5.41) is 14.7. The summed E-state index contributed by atoms with van der Waals surface area (Å²) in [7, 11) is 2.10. The van der Waals surface area contributed by atoms with E-state index < -0.39 is 12.3 Å². The second-order valence-corrected chi connectivity index (χ2v) is 14.4. The third-order valence-corrected chi connectivity index (χ3v) is 11.3. The Morgan fingerprint density at radius 3 is 2.53 bits per heavy atom. The number of hydrogen-bond donors (Lipinski definition) is 1. The van der Waals surface area contributed by atoms with E-state index in [0.717, 1.165) is 78.0 Å². The molecule has 2 aliphatic heterocycles. The van der Waals surface area contributed by atoms with Gasteiger partial charge in [-0.25, -0.2) is 9.78 Å². The van der Waals surface area contributed by atoms with Crippen molar-refractivity contribution in [1.29, 1.82) is 0 Å². The van der Waals surface area contributed by atoms with E-state index in [9.17, 15) is 23.1 Å². The molecule has 2 saturated heterocycles. The smallest absolute Gasteiger partial charge is 0.478 e. The molecule has 2 bridgehead atoms. The van der Waals surface area contributed by atoms with Crippen molar-refractivity contribution in [2.24, 2.45) is 5.41 Å². The van der Waals surface area contributed by atoms with Gasteiger partial charge in [-0.1, -0.05) is 28.6 Å². The van der Waals surface area contributed by atoms with Crippen LogP contribution in [-0.2, 0) is 6.54 Å². The molecule has 12 heteroatoms. The minimum atomic E-state index is -4.80. The van der Waals surface area contributed by atoms with Crippen molar-refractivity contribution in [2.75, 3.05) is 11.9 Å². The number of hydrogen-bond acceptors (Lipinski definition) is 8. The Hall–Kier alpha value is -3.64.